The molecule has 0 unspecified atom stereocenters. The molecule has 1 amide bonds. The molecule has 3 rings (SSSR count). The quantitative estimate of drug-likeness (QED) is 0.183. The van der Waals surface area contributed by atoms with E-state index in [1.54, 1.807) is 37.6 Å². The number of thioether (sulfide) groups is 1. The van der Waals surface area contributed by atoms with E-state index >= 15 is 0 Å². The molecular formula is C18H17BrClN7O2S. The van der Waals surface area contributed by atoms with Gasteiger partial charge in [0.25, 0.3) is 5.95 Å². The lowest BCUT2D eigenvalue weighted by molar-refractivity contribution is -0.113. The molecule has 30 heavy (non-hydrogen) atoms. The van der Waals surface area contributed by atoms with Crippen molar-refractivity contribution >= 4 is 63.1 Å². The largest absolute Gasteiger partial charge is 0.496 e. The highest BCUT2D eigenvalue weighted by atomic mass is 79.9. The highest BCUT2D eigenvalue weighted by molar-refractivity contribution is 9.10. The monoisotopic (exact) mass is 509 g/mol. The van der Waals surface area contributed by atoms with E-state index in [1.807, 2.05) is 18.2 Å². The van der Waals surface area contributed by atoms with Gasteiger partial charge in [0, 0.05) is 10.0 Å². The van der Waals surface area contributed by atoms with E-state index in [4.69, 9.17) is 22.2 Å². The van der Waals surface area contributed by atoms with Crippen LogP contribution in [0, 0.1) is 0 Å². The minimum absolute atomic E-state index is 0.0824. The van der Waals surface area contributed by atoms with Gasteiger partial charge in [-0.1, -0.05) is 51.4 Å². The lowest BCUT2D eigenvalue weighted by Crippen LogP contribution is -2.17. The van der Waals surface area contributed by atoms with Crippen LogP contribution in [0.1, 0.15) is 5.56 Å². The van der Waals surface area contributed by atoms with E-state index in [-0.39, 0.29) is 17.6 Å². The van der Waals surface area contributed by atoms with Gasteiger partial charge in [0.1, 0.15) is 5.75 Å². The second-order valence-electron chi connectivity index (χ2n) is 5.75. The Labute approximate surface area is 190 Å². The Morgan fingerprint density at radius 3 is 2.93 bits per heavy atom. The van der Waals surface area contributed by atoms with Crippen LogP contribution in [0.2, 0.25) is 5.02 Å². The number of anilines is 2. The van der Waals surface area contributed by atoms with Gasteiger partial charge in [-0.3, -0.25) is 4.79 Å². The number of para-hydroxylation sites is 1. The van der Waals surface area contributed by atoms with Crippen molar-refractivity contribution < 1.29 is 9.53 Å². The fourth-order valence-corrected chi connectivity index (χ4v) is 3.51. The van der Waals surface area contributed by atoms with Crippen LogP contribution < -0.4 is 21.3 Å². The number of nitrogen functional groups attached to an aromatic ring is 1. The maximum absolute atomic E-state index is 12.1. The van der Waals surface area contributed by atoms with Crippen molar-refractivity contribution in [3.05, 3.63) is 57.5 Å². The number of rotatable bonds is 8. The summed E-state index contributed by atoms with van der Waals surface area (Å²) in [7, 11) is 1.58. The molecule has 0 saturated heterocycles. The Bertz CT molecular complexity index is 1080. The average molecular weight is 511 g/mol. The first-order chi connectivity index (χ1) is 14.5. The Hall–Kier alpha value is -2.76. The molecule has 12 heteroatoms. The number of methoxy groups -OCH3 is 1. The van der Waals surface area contributed by atoms with Gasteiger partial charge >= 0.3 is 0 Å². The summed E-state index contributed by atoms with van der Waals surface area (Å²) in [4.78, 5) is 12.1. The van der Waals surface area contributed by atoms with Crippen molar-refractivity contribution in [3.63, 3.8) is 0 Å². The van der Waals surface area contributed by atoms with E-state index in [1.165, 1.54) is 4.68 Å². The van der Waals surface area contributed by atoms with Crippen LogP contribution in [0.15, 0.2) is 57.2 Å². The number of benzene rings is 2. The van der Waals surface area contributed by atoms with Gasteiger partial charge in [0.2, 0.25) is 11.1 Å². The number of nitrogens with one attached hydrogen (secondary N) is 2. The minimum Gasteiger partial charge on any atom is -0.496 e. The van der Waals surface area contributed by atoms with Crippen molar-refractivity contribution in [1.82, 2.24) is 14.9 Å². The zero-order chi connectivity index (χ0) is 21.5. The summed E-state index contributed by atoms with van der Waals surface area (Å²) in [5, 5.41) is 15.5. The maximum atomic E-state index is 12.1. The number of aromatic nitrogens is 3. The molecule has 1 heterocycles. The molecule has 9 nitrogen and oxygen atoms in total. The lowest BCUT2D eigenvalue weighted by Gasteiger charge is -2.07. The van der Waals surface area contributed by atoms with Crippen LogP contribution in [-0.2, 0) is 4.79 Å². The molecule has 0 radical (unpaired) electrons. The van der Waals surface area contributed by atoms with Crippen molar-refractivity contribution in [2.24, 2.45) is 5.10 Å². The predicted octanol–water partition coefficient (Wildman–Crippen LogP) is 3.59. The van der Waals surface area contributed by atoms with Gasteiger partial charge in [-0.05, 0) is 30.3 Å². The predicted molar refractivity (Wildman–Crippen MR) is 123 cm³/mol. The molecule has 2 aromatic carbocycles. The van der Waals surface area contributed by atoms with Crippen molar-refractivity contribution in [2.45, 2.75) is 5.16 Å². The molecular weight excluding hydrogens is 494 g/mol. The van der Waals surface area contributed by atoms with Crippen molar-refractivity contribution in [2.75, 3.05) is 29.4 Å². The summed E-state index contributed by atoms with van der Waals surface area (Å²) in [6, 6.07) is 12.5. The van der Waals surface area contributed by atoms with E-state index in [9.17, 15) is 4.79 Å². The molecule has 0 spiro atoms. The van der Waals surface area contributed by atoms with Gasteiger partial charge in [0.05, 0.1) is 29.8 Å². The first kappa shape index (κ1) is 21.9. The summed E-state index contributed by atoms with van der Waals surface area (Å²) < 4.78 is 7.39. The van der Waals surface area contributed by atoms with Crippen LogP contribution in [0.4, 0.5) is 11.6 Å². The van der Waals surface area contributed by atoms with E-state index < -0.39 is 0 Å². The summed E-state index contributed by atoms with van der Waals surface area (Å²) in [6.45, 7) is 0. The Kier molecular flexibility index (Phi) is 7.55. The fraction of sp³-hybridized carbons (Fsp3) is 0.111. The Morgan fingerprint density at radius 1 is 1.37 bits per heavy atom. The van der Waals surface area contributed by atoms with Crippen LogP contribution in [0.3, 0.4) is 0 Å². The molecule has 0 aliphatic rings. The Morgan fingerprint density at radius 2 is 2.17 bits per heavy atom. The van der Waals surface area contributed by atoms with Crippen LogP contribution in [-0.4, -0.2) is 39.9 Å². The van der Waals surface area contributed by atoms with Gasteiger partial charge < -0.3 is 15.9 Å². The number of ether oxygens (including phenoxy) is 1. The zero-order valence-electron chi connectivity index (χ0n) is 15.7. The highest BCUT2D eigenvalue weighted by Crippen LogP contribution is 2.23. The third-order valence-electron chi connectivity index (χ3n) is 3.70. The molecule has 156 valence electrons. The molecule has 0 fully saturated rings. The van der Waals surface area contributed by atoms with Crippen molar-refractivity contribution in [3.8, 4) is 5.75 Å². The number of nitrogens with two attached hydrogens (primary N) is 1. The van der Waals surface area contributed by atoms with E-state index in [2.05, 4.69) is 42.0 Å². The van der Waals surface area contributed by atoms with Crippen LogP contribution in [0.25, 0.3) is 0 Å². The second-order valence-corrected chi connectivity index (χ2v) is 8.01. The van der Waals surface area contributed by atoms with Gasteiger partial charge in [-0.2, -0.15) is 5.10 Å². The molecule has 0 aliphatic heterocycles. The summed E-state index contributed by atoms with van der Waals surface area (Å²) in [6.07, 6.45) is 1.57. The van der Waals surface area contributed by atoms with E-state index in [0.29, 0.717) is 21.6 Å². The molecule has 1 aromatic heterocycles. The first-order valence-corrected chi connectivity index (χ1v) is 10.6. The van der Waals surface area contributed by atoms with Gasteiger partial charge in [-0.25, -0.2) is 10.1 Å². The number of hydrogen-bond acceptors (Lipinski definition) is 8. The van der Waals surface area contributed by atoms with Gasteiger partial charge in [-0.15, -0.1) is 10.2 Å². The standard InChI is InChI=1S/C18H17BrClN7O2S/c1-29-15-7-6-12(19)8-11(15)9-22-24-17-25-26-18(27(17)21)30-10-16(28)23-14-5-3-2-4-13(14)20/h2-9H,10,21H2,1H3,(H,23,28)(H,24,25)/b22-9+. The lowest BCUT2D eigenvalue weighted by atomic mass is 10.2. The minimum atomic E-state index is -0.245. The number of carbonyl (C=O) groups excluding carboxylic acids is 1. The number of nitrogens with zero attached hydrogens (tertiary/aromatic N) is 4. The number of amides is 1. The second kappa shape index (κ2) is 10.3. The van der Waals surface area contributed by atoms with Crippen molar-refractivity contribution in [1.29, 1.82) is 0 Å². The number of halogens is 2. The molecule has 3 aromatic rings. The Balaban J connectivity index is 1.57. The SMILES string of the molecule is COc1ccc(Br)cc1/C=N/Nc1nnc(SCC(=O)Nc2ccccc2Cl)n1N. The smallest absolute Gasteiger partial charge is 0.264 e. The van der Waals surface area contributed by atoms with Crippen LogP contribution >= 0.6 is 39.3 Å². The highest BCUT2D eigenvalue weighted by Gasteiger charge is 2.13. The first-order valence-electron chi connectivity index (χ1n) is 8.48. The zero-order valence-corrected chi connectivity index (χ0v) is 18.8. The third kappa shape index (κ3) is 5.65. The summed E-state index contributed by atoms with van der Waals surface area (Å²) in [5.74, 6) is 6.70. The topological polar surface area (TPSA) is 119 Å². The fourth-order valence-electron chi connectivity index (χ4n) is 2.30. The maximum Gasteiger partial charge on any atom is 0.264 e. The summed E-state index contributed by atoms with van der Waals surface area (Å²) in [5.41, 5.74) is 4.02. The summed E-state index contributed by atoms with van der Waals surface area (Å²) >= 11 is 10.6. The molecule has 0 atom stereocenters. The molecule has 0 bridgehead atoms. The molecule has 0 saturated carbocycles. The van der Waals surface area contributed by atoms with E-state index in [0.717, 1.165) is 21.8 Å². The number of carbonyl (C=O) groups is 1. The molecule has 0 aliphatic carbocycles. The number of hydrazone groups is 1. The van der Waals surface area contributed by atoms with Crippen LogP contribution in [0.5, 0.6) is 5.75 Å². The molecule has 4 N–H and O–H groups in total. The average Bonchev–Trinajstić information content (AvgIpc) is 3.08. The van der Waals surface area contributed by atoms with Gasteiger partial charge in [0.15, 0.2) is 0 Å². The number of hydrogen-bond donors (Lipinski definition) is 3. The normalized spacial score (nSPS) is 10.9. The third-order valence-corrected chi connectivity index (χ3v) is 5.47.